The summed E-state index contributed by atoms with van der Waals surface area (Å²) < 4.78 is 10.1. The molecule has 2 aromatic rings. The third kappa shape index (κ3) is 4.62. The fourth-order valence-electron chi connectivity index (χ4n) is 2.79. The number of carbonyl (C=O) groups is 2. The standard InChI is InChI=1S/C22H17ClN2O4S/c1-3-12-29-18-10-4-15(5-11-18)13-19-21(27)25(17-8-6-16(23)7-9-17)22(30)24(19)14-20(26)28-2/h1,4-11,13H,12,14H2,2H3/b19-13-. The van der Waals surface area contributed by atoms with Gasteiger partial charge in [-0.3, -0.25) is 14.5 Å². The van der Waals surface area contributed by atoms with E-state index >= 15 is 0 Å². The lowest BCUT2D eigenvalue weighted by atomic mass is 10.1. The number of carbonyl (C=O) groups excluding carboxylic acids is 2. The molecule has 6 nitrogen and oxygen atoms in total. The number of anilines is 1. The lowest BCUT2D eigenvalue weighted by molar-refractivity contribution is -0.140. The molecule has 0 saturated carbocycles. The second-order valence-electron chi connectivity index (χ2n) is 6.15. The van der Waals surface area contributed by atoms with E-state index in [2.05, 4.69) is 5.92 Å². The lowest BCUT2D eigenvalue weighted by Gasteiger charge is -2.19. The van der Waals surface area contributed by atoms with Crippen LogP contribution in [0.2, 0.25) is 5.02 Å². The van der Waals surface area contributed by atoms with Crippen LogP contribution in [0.25, 0.3) is 6.08 Å². The highest BCUT2D eigenvalue weighted by molar-refractivity contribution is 7.80. The van der Waals surface area contributed by atoms with E-state index in [0.29, 0.717) is 16.5 Å². The molecule has 1 aliphatic rings. The van der Waals surface area contributed by atoms with Gasteiger partial charge in [0.25, 0.3) is 5.91 Å². The van der Waals surface area contributed by atoms with E-state index in [1.54, 1.807) is 54.6 Å². The summed E-state index contributed by atoms with van der Waals surface area (Å²) in [7, 11) is 1.28. The highest BCUT2D eigenvalue weighted by atomic mass is 35.5. The second kappa shape index (κ2) is 9.44. The van der Waals surface area contributed by atoms with Crippen LogP contribution in [-0.4, -0.2) is 42.2 Å². The summed E-state index contributed by atoms with van der Waals surface area (Å²) in [5.74, 6) is 2.12. The molecule has 0 N–H and O–H groups in total. The number of amides is 1. The van der Waals surface area contributed by atoms with Crippen LogP contribution in [-0.2, 0) is 14.3 Å². The maximum absolute atomic E-state index is 13.2. The Bertz CT molecular complexity index is 1040. The summed E-state index contributed by atoms with van der Waals surface area (Å²) in [4.78, 5) is 27.9. The van der Waals surface area contributed by atoms with Crippen LogP contribution < -0.4 is 9.64 Å². The van der Waals surface area contributed by atoms with Crippen molar-refractivity contribution in [2.75, 3.05) is 25.2 Å². The zero-order valence-electron chi connectivity index (χ0n) is 16.0. The fourth-order valence-corrected chi connectivity index (χ4v) is 3.26. The van der Waals surface area contributed by atoms with E-state index in [1.165, 1.54) is 16.9 Å². The van der Waals surface area contributed by atoms with E-state index in [9.17, 15) is 9.59 Å². The SMILES string of the molecule is C#CCOc1ccc(/C=C2/C(=O)N(c3ccc(Cl)cc3)C(=S)N2CC(=O)OC)cc1. The van der Waals surface area contributed by atoms with E-state index in [0.717, 1.165) is 5.56 Å². The van der Waals surface area contributed by atoms with Gasteiger partial charge in [-0.25, -0.2) is 0 Å². The van der Waals surface area contributed by atoms with Gasteiger partial charge < -0.3 is 14.4 Å². The number of benzene rings is 2. The molecule has 0 aromatic heterocycles. The Morgan fingerprint density at radius 1 is 1.20 bits per heavy atom. The zero-order valence-corrected chi connectivity index (χ0v) is 17.6. The molecule has 0 spiro atoms. The summed E-state index contributed by atoms with van der Waals surface area (Å²) in [6.45, 7) is -0.0312. The molecule has 1 aliphatic heterocycles. The van der Waals surface area contributed by atoms with Gasteiger partial charge >= 0.3 is 5.97 Å². The molecule has 0 aliphatic carbocycles. The lowest BCUT2D eigenvalue weighted by Crippen LogP contribution is -2.35. The van der Waals surface area contributed by atoms with Crippen LogP contribution in [0.15, 0.2) is 54.2 Å². The molecular formula is C22H17ClN2O4S. The summed E-state index contributed by atoms with van der Waals surface area (Å²) in [6.07, 6.45) is 6.84. The van der Waals surface area contributed by atoms with Gasteiger partial charge in [-0.2, -0.15) is 0 Å². The number of esters is 1. The van der Waals surface area contributed by atoms with E-state index in [1.807, 2.05) is 0 Å². The average Bonchev–Trinajstić information content (AvgIpc) is 2.97. The number of ether oxygens (including phenoxy) is 2. The van der Waals surface area contributed by atoms with Crippen LogP contribution >= 0.6 is 23.8 Å². The molecule has 1 fully saturated rings. The minimum Gasteiger partial charge on any atom is -0.481 e. The number of methoxy groups -OCH3 is 1. The summed E-state index contributed by atoms with van der Waals surface area (Å²) >= 11 is 11.4. The Kier molecular flexibility index (Phi) is 6.72. The Morgan fingerprint density at radius 2 is 1.87 bits per heavy atom. The quantitative estimate of drug-likeness (QED) is 0.296. The molecule has 1 heterocycles. The van der Waals surface area contributed by atoms with Crippen LogP contribution in [0.4, 0.5) is 5.69 Å². The van der Waals surface area contributed by atoms with Gasteiger partial charge in [0.15, 0.2) is 5.11 Å². The highest BCUT2D eigenvalue weighted by Crippen LogP contribution is 2.30. The fraction of sp³-hybridized carbons (Fsp3) is 0.136. The maximum Gasteiger partial charge on any atom is 0.325 e. The van der Waals surface area contributed by atoms with Crippen molar-refractivity contribution >= 4 is 52.6 Å². The third-order valence-corrected chi connectivity index (χ3v) is 4.90. The predicted molar refractivity (Wildman–Crippen MR) is 119 cm³/mol. The summed E-state index contributed by atoms with van der Waals surface area (Å²) in [5, 5.41) is 0.707. The van der Waals surface area contributed by atoms with E-state index in [-0.39, 0.29) is 29.9 Å². The van der Waals surface area contributed by atoms with Crippen molar-refractivity contribution in [2.45, 2.75) is 0 Å². The average molecular weight is 441 g/mol. The first-order valence-corrected chi connectivity index (χ1v) is 9.59. The highest BCUT2D eigenvalue weighted by Gasteiger charge is 2.40. The molecule has 152 valence electrons. The molecule has 1 saturated heterocycles. The summed E-state index contributed by atoms with van der Waals surface area (Å²) in [5.41, 5.74) is 1.52. The Hall–Kier alpha value is -3.34. The van der Waals surface area contributed by atoms with E-state index < -0.39 is 5.97 Å². The Labute approximate surface area is 184 Å². The number of halogens is 1. The summed E-state index contributed by atoms with van der Waals surface area (Å²) in [6, 6.07) is 13.7. The van der Waals surface area contributed by atoms with Crippen molar-refractivity contribution in [3.05, 3.63) is 64.8 Å². The molecule has 30 heavy (non-hydrogen) atoms. The first-order valence-electron chi connectivity index (χ1n) is 8.81. The van der Waals surface area contributed by atoms with Gasteiger partial charge in [-0.15, -0.1) is 6.42 Å². The number of hydrogen-bond donors (Lipinski definition) is 0. The molecule has 1 amide bonds. The number of thiocarbonyl (C=S) groups is 1. The number of rotatable bonds is 6. The van der Waals surface area contributed by atoms with Gasteiger partial charge in [0.05, 0.1) is 12.8 Å². The van der Waals surface area contributed by atoms with Gasteiger partial charge in [-0.1, -0.05) is 29.7 Å². The van der Waals surface area contributed by atoms with Crippen LogP contribution in [0, 0.1) is 12.3 Å². The second-order valence-corrected chi connectivity index (χ2v) is 6.95. The van der Waals surface area contributed by atoms with Gasteiger partial charge in [0, 0.05) is 5.02 Å². The zero-order chi connectivity index (χ0) is 21.7. The number of terminal acetylenes is 1. The Balaban J connectivity index is 1.96. The molecule has 0 bridgehead atoms. The number of nitrogens with zero attached hydrogens (tertiary/aromatic N) is 2. The van der Waals surface area contributed by atoms with Crippen LogP contribution in [0.1, 0.15) is 5.56 Å². The monoisotopic (exact) mass is 440 g/mol. The smallest absolute Gasteiger partial charge is 0.325 e. The molecule has 0 unspecified atom stereocenters. The topological polar surface area (TPSA) is 59.1 Å². The van der Waals surface area contributed by atoms with E-state index in [4.69, 9.17) is 39.7 Å². The van der Waals surface area contributed by atoms with Crippen molar-refractivity contribution in [3.63, 3.8) is 0 Å². The molecular weight excluding hydrogens is 424 g/mol. The van der Waals surface area contributed by atoms with Crippen molar-refractivity contribution < 1.29 is 19.1 Å². The predicted octanol–water partition coefficient (Wildman–Crippen LogP) is 3.50. The van der Waals surface area contributed by atoms with Crippen LogP contribution in [0.3, 0.4) is 0 Å². The largest absolute Gasteiger partial charge is 0.481 e. The number of hydrogen-bond acceptors (Lipinski definition) is 5. The first-order chi connectivity index (χ1) is 14.4. The minimum atomic E-state index is -0.521. The normalized spacial score (nSPS) is 14.8. The van der Waals surface area contributed by atoms with Crippen LogP contribution in [0.5, 0.6) is 5.75 Å². The molecule has 0 radical (unpaired) electrons. The van der Waals surface area contributed by atoms with Crippen molar-refractivity contribution in [2.24, 2.45) is 0 Å². The molecule has 2 aromatic carbocycles. The van der Waals surface area contributed by atoms with Gasteiger partial charge in [-0.05, 0) is 60.3 Å². The van der Waals surface area contributed by atoms with Gasteiger partial charge in [0.1, 0.15) is 24.6 Å². The Morgan fingerprint density at radius 3 is 2.47 bits per heavy atom. The van der Waals surface area contributed by atoms with Crippen molar-refractivity contribution in [3.8, 4) is 18.1 Å². The van der Waals surface area contributed by atoms with Crippen molar-refractivity contribution in [1.29, 1.82) is 0 Å². The molecule has 0 atom stereocenters. The molecule has 3 rings (SSSR count). The first kappa shape index (κ1) is 21.4. The maximum atomic E-state index is 13.2. The van der Waals surface area contributed by atoms with Crippen molar-refractivity contribution in [1.82, 2.24) is 4.90 Å². The molecule has 8 heteroatoms. The van der Waals surface area contributed by atoms with Gasteiger partial charge in [0.2, 0.25) is 0 Å². The third-order valence-electron chi connectivity index (χ3n) is 4.24. The minimum absolute atomic E-state index is 0.163.